The molecule has 0 fully saturated rings. The number of aliphatic hydroxyl groups excluding tert-OH is 1. The largest absolute Gasteiger partial charge is 2.00 e. The van der Waals surface area contributed by atoms with E-state index < -0.39 is 60.8 Å². The Bertz CT molecular complexity index is 463. The molecule has 0 aromatic heterocycles. The molecule has 0 bridgehead atoms. The third-order valence-corrected chi connectivity index (χ3v) is 1.94. The number of hydrogen-bond donors (Lipinski definition) is 7. The second-order valence-corrected chi connectivity index (χ2v) is 3.93. The molecule has 0 aliphatic heterocycles. The summed E-state index contributed by atoms with van der Waals surface area (Å²) in [6.45, 7) is 0. The first-order valence-corrected chi connectivity index (χ1v) is 5.34. The van der Waals surface area contributed by atoms with Crippen molar-refractivity contribution in [3.05, 3.63) is 0 Å². The fourth-order valence-electron chi connectivity index (χ4n) is 0.967. The molecule has 0 aliphatic rings. The molecule has 12 nitrogen and oxygen atoms in total. The summed E-state index contributed by atoms with van der Waals surface area (Å²) in [6, 6.07) is 0. The molecule has 0 aromatic carbocycles. The maximum absolute atomic E-state index is 10.3. The summed E-state index contributed by atoms with van der Waals surface area (Å²) in [5.41, 5.74) is -2.74. The molecule has 14 heteroatoms. The van der Waals surface area contributed by atoms with E-state index in [0.717, 1.165) is 0 Å². The molecule has 1 unspecified atom stereocenters. The molecular weight excluding hydrogens is 392 g/mol. The van der Waals surface area contributed by atoms with Gasteiger partial charge in [-0.15, -0.1) is 0 Å². The molecule has 24 heavy (non-hydrogen) atoms. The first kappa shape index (κ1) is 31.5. The Morgan fingerprint density at radius 3 is 1.25 bits per heavy atom. The van der Waals surface area contributed by atoms with Gasteiger partial charge in [0.25, 0.3) is 0 Å². The summed E-state index contributed by atoms with van der Waals surface area (Å²) >= 11 is 0. The van der Waals surface area contributed by atoms with Gasteiger partial charge in [0.1, 0.15) is 0 Å². The number of aliphatic carboxylic acids is 5. The molecule has 1 atom stereocenters. The van der Waals surface area contributed by atoms with Crippen molar-refractivity contribution in [1.82, 2.24) is 0 Å². The van der Waals surface area contributed by atoms with E-state index in [0.29, 0.717) is 0 Å². The molecule has 0 rings (SSSR count). The molecule has 0 saturated heterocycles. The molecule has 0 spiro atoms. The van der Waals surface area contributed by atoms with Crippen LogP contribution in [-0.2, 0) is 24.0 Å². The number of carbonyl (C=O) groups is 5. The van der Waals surface area contributed by atoms with E-state index in [4.69, 9.17) is 35.7 Å². The third kappa shape index (κ3) is 16.6. The van der Waals surface area contributed by atoms with E-state index in [2.05, 4.69) is 0 Å². The molecule has 0 saturated carbocycles. The maximum atomic E-state index is 10.3. The fraction of sp³-hybridized carbons (Fsp3) is 0.500. The monoisotopic (exact) mass is 410 g/mol. The minimum absolute atomic E-state index is 0. The van der Waals surface area contributed by atoms with Crippen molar-refractivity contribution < 1.29 is 65.4 Å². The van der Waals surface area contributed by atoms with Gasteiger partial charge in [-0.25, -0.2) is 9.59 Å². The van der Waals surface area contributed by atoms with Crippen molar-refractivity contribution >= 4 is 105 Å². The van der Waals surface area contributed by atoms with Crippen LogP contribution in [0, 0.1) is 0 Å². The van der Waals surface area contributed by atoms with Crippen LogP contribution in [-0.4, -0.2) is 153 Å². The number of carboxylic acid groups (broad SMARTS) is 5. The van der Waals surface area contributed by atoms with Gasteiger partial charge in [0.2, 0.25) is 0 Å². The summed E-state index contributed by atoms with van der Waals surface area (Å²) in [7, 11) is 0. The van der Waals surface area contributed by atoms with E-state index in [1.165, 1.54) is 0 Å². The molecule has 0 aliphatic carbocycles. The van der Waals surface area contributed by atoms with E-state index in [1.807, 2.05) is 0 Å². The summed E-state index contributed by atoms with van der Waals surface area (Å²) in [6.07, 6.45) is -4.83. The summed E-state index contributed by atoms with van der Waals surface area (Å²) < 4.78 is 0. The van der Waals surface area contributed by atoms with Crippen LogP contribution in [0.2, 0.25) is 0 Å². The van der Waals surface area contributed by atoms with Crippen LogP contribution in [0.5, 0.6) is 0 Å². The van der Waals surface area contributed by atoms with Gasteiger partial charge in [0, 0.05) is 0 Å². The minimum Gasteiger partial charge on any atom is -1.00 e. The smallest absolute Gasteiger partial charge is 1.00 e. The standard InChI is InChI=1S/C6H8O7.C4H6O5.2Ca.4H/c7-3(8)1-6(13,5(11)12)2-4(9)10;5-2(4(8)9)1-3(6)7;;;;;;/h13H,1-2H2,(H,7,8)(H,9,10)(H,11,12);2,5H,1H2,(H,6,7)(H,8,9);;;;;;/q;;2*+2;4*-1. The Kier molecular flexibility index (Phi) is 19.8. The maximum Gasteiger partial charge on any atom is 2.00 e. The summed E-state index contributed by atoms with van der Waals surface area (Å²) in [5.74, 6) is -7.86. The zero-order valence-electron chi connectivity index (χ0n) is 16.3. The van der Waals surface area contributed by atoms with Crippen LogP contribution in [0.25, 0.3) is 0 Å². The second kappa shape index (κ2) is 15.1. The first-order valence-electron chi connectivity index (χ1n) is 5.34. The van der Waals surface area contributed by atoms with Crippen molar-refractivity contribution in [2.75, 3.05) is 0 Å². The average molecular weight is 410 g/mol. The van der Waals surface area contributed by atoms with Gasteiger partial charge in [-0.05, 0) is 0 Å². The number of hydrogen-bond acceptors (Lipinski definition) is 7. The van der Waals surface area contributed by atoms with Crippen LogP contribution in [0.4, 0.5) is 0 Å². The average Bonchev–Trinajstić information content (AvgIpc) is 2.25. The summed E-state index contributed by atoms with van der Waals surface area (Å²) in [5, 5.41) is 58.0. The van der Waals surface area contributed by atoms with Gasteiger partial charge >= 0.3 is 105 Å². The zero-order valence-corrected chi connectivity index (χ0v) is 16.7. The van der Waals surface area contributed by atoms with Crippen molar-refractivity contribution in [1.29, 1.82) is 0 Å². The molecule has 0 heterocycles. The molecule has 0 radical (unpaired) electrons. The van der Waals surface area contributed by atoms with Gasteiger partial charge in [-0.3, -0.25) is 14.4 Å². The topological polar surface area (TPSA) is 227 Å². The van der Waals surface area contributed by atoms with Gasteiger partial charge in [0.15, 0.2) is 11.7 Å². The predicted octanol–water partition coefficient (Wildman–Crippen LogP) is -2.65. The van der Waals surface area contributed by atoms with Crippen molar-refractivity contribution in [2.45, 2.75) is 31.0 Å². The van der Waals surface area contributed by atoms with Gasteiger partial charge in [-0.2, -0.15) is 0 Å². The van der Waals surface area contributed by atoms with E-state index in [9.17, 15) is 24.0 Å². The van der Waals surface area contributed by atoms with E-state index in [-0.39, 0.29) is 81.2 Å². The Hall–Kier alpha value is -0.211. The molecule has 7 N–H and O–H groups in total. The fourth-order valence-corrected chi connectivity index (χ4v) is 0.967. The molecule has 0 amide bonds. The molecule has 134 valence electrons. The third-order valence-electron chi connectivity index (χ3n) is 1.94. The van der Waals surface area contributed by atoms with Crippen LogP contribution in [0.15, 0.2) is 0 Å². The van der Waals surface area contributed by atoms with E-state index >= 15 is 0 Å². The number of carboxylic acids is 5. The molecular formula is C10H18Ca2O12. The normalized spacial score (nSPS) is 10.6. The van der Waals surface area contributed by atoms with Gasteiger partial charge in [0.05, 0.1) is 19.3 Å². The molecule has 0 aromatic rings. The number of aliphatic hydroxyl groups is 2. The van der Waals surface area contributed by atoms with Gasteiger partial charge in [-0.1, -0.05) is 0 Å². The first-order chi connectivity index (χ1) is 9.81. The van der Waals surface area contributed by atoms with Crippen LogP contribution < -0.4 is 0 Å². The van der Waals surface area contributed by atoms with Crippen molar-refractivity contribution in [2.24, 2.45) is 0 Å². The predicted molar refractivity (Wildman–Crippen MR) is 78.9 cm³/mol. The van der Waals surface area contributed by atoms with Crippen LogP contribution in [0.3, 0.4) is 0 Å². The Labute approximate surface area is 200 Å². The van der Waals surface area contributed by atoms with Gasteiger partial charge < -0.3 is 41.5 Å². The SMILES string of the molecule is O=C(O)CC(O)(CC(=O)O)C(=O)O.O=C(O)CC(O)C(=O)O.[Ca+2].[Ca+2].[H-].[H-].[H-].[H-]. The van der Waals surface area contributed by atoms with Crippen LogP contribution in [0.1, 0.15) is 25.0 Å². The Morgan fingerprint density at radius 2 is 1.12 bits per heavy atom. The van der Waals surface area contributed by atoms with E-state index in [1.54, 1.807) is 0 Å². The second-order valence-electron chi connectivity index (χ2n) is 3.93. The summed E-state index contributed by atoms with van der Waals surface area (Å²) in [4.78, 5) is 49.9. The van der Waals surface area contributed by atoms with Crippen molar-refractivity contribution in [3.8, 4) is 0 Å². The minimum atomic E-state index is -2.74. The quantitative estimate of drug-likeness (QED) is 0.203. The Morgan fingerprint density at radius 1 is 0.792 bits per heavy atom. The van der Waals surface area contributed by atoms with Crippen molar-refractivity contribution in [3.63, 3.8) is 0 Å². The zero-order chi connectivity index (χ0) is 18.1. The number of rotatable bonds is 8. The Balaban J connectivity index is -0.0000000407. The van der Waals surface area contributed by atoms with Crippen LogP contribution >= 0.6 is 0 Å².